The Morgan fingerprint density at radius 3 is 2.62 bits per heavy atom. The van der Waals surface area contributed by atoms with Gasteiger partial charge in [0.25, 0.3) is 5.91 Å². The molecule has 2 aromatic carbocycles. The fourth-order valence-electron chi connectivity index (χ4n) is 3.00. The molecule has 1 saturated heterocycles. The van der Waals surface area contributed by atoms with Crippen molar-refractivity contribution in [3.63, 3.8) is 0 Å². The van der Waals surface area contributed by atoms with Gasteiger partial charge in [-0.15, -0.1) is 0 Å². The first-order valence-corrected chi connectivity index (χ1v) is 8.70. The fourth-order valence-corrected chi connectivity index (χ4v) is 3.00. The molecule has 3 rings (SSSR count). The Hall–Kier alpha value is -2.60. The second-order valence-corrected chi connectivity index (χ2v) is 6.28. The van der Waals surface area contributed by atoms with Crippen LogP contribution in [0.5, 0.6) is 5.75 Å². The van der Waals surface area contributed by atoms with Crippen molar-refractivity contribution < 1.29 is 18.7 Å². The molecule has 0 aliphatic carbocycles. The summed E-state index contributed by atoms with van der Waals surface area (Å²) in [4.78, 5) is 14.3. The number of halogens is 1. The summed E-state index contributed by atoms with van der Waals surface area (Å²) in [6.07, 6.45) is 2.47. The number of nitrogens with one attached hydrogen (secondary N) is 1. The minimum Gasteiger partial charge on any atom is -0.484 e. The molecule has 0 radical (unpaired) electrons. The quantitative estimate of drug-likeness (QED) is 0.859. The number of ether oxygens (including phenoxy) is 2. The normalized spacial score (nSPS) is 17.0. The molecule has 138 valence electrons. The third kappa shape index (κ3) is 4.95. The summed E-state index contributed by atoms with van der Waals surface area (Å²) in [5.74, 6) is -0.151. The number of carbonyl (C=O) groups excluding carboxylic acids is 1. The van der Waals surface area contributed by atoms with Gasteiger partial charge in [0.2, 0.25) is 0 Å². The number of methoxy groups -OCH3 is 1. The van der Waals surface area contributed by atoms with Gasteiger partial charge in [0.05, 0.1) is 6.10 Å². The highest BCUT2D eigenvalue weighted by Gasteiger charge is 2.19. The second kappa shape index (κ2) is 8.67. The van der Waals surface area contributed by atoms with Crippen molar-refractivity contribution in [3.05, 3.63) is 54.3 Å². The number of hydrogen-bond donors (Lipinski definition) is 1. The molecular weight excluding hydrogens is 335 g/mol. The van der Waals surface area contributed by atoms with Crippen LogP contribution in [0.3, 0.4) is 0 Å². The number of hydrogen-bond acceptors (Lipinski definition) is 4. The van der Waals surface area contributed by atoms with Crippen LogP contribution in [-0.4, -0.2) is 38.8 Å². The van der Waals surface area contributed by atoms with E-state index in [9.17, 15) is 9.18 Å². The Labute approximate surface area is 152 Å². The highest BCUT2D eigenvalue weighted by molar-refractivity contribution is 5.92. The molecule has 1 heterocycles. The van der Waals surface area contributed by atoms with E-state index in [0.717, 1.165) is 31.6 Å². The lowest BCUT2D eigenvalue weighted by atomic mass is 10.1. The van der Waals surface area contributed by atoms with Crippen LogP contribution in [0.4, 0.5) is 15.8 Å². The summed E-state index contributed by atoms with van der Waals surface area (Å²) >= 11 is 0. The molecule has 0 bridgehead atoms. The highest BCUT2D eigenvalue weighted by Crippen LogP contribution is 2.23. The molecular formula is C20H23FN2O3. The van der Waals surface area contributed by atoms with E-state index in [-0.39, 0.29) is 24.4 Å². The number of rotatable bonds is 6. The lowest BCUT2D eigenvalue weighted by molar-refractivity contribution is -0.118. The van der Waals surface area contributed by atoms with Crippen LogP contribution < -0.4 is 15.0 Å². The van der Waals surface area contributed by atoms with Crippen LogP contribution in [0.25, 0.3) is 0 Å². The Bertz CT molecular complexity index is 719. The maximum absolute atomic E-state index is 12.8. The number of carbonyl (C=O) groups is 1. The van der Waals surface area contributed by atoms with Gasteiger partial charge < -0.3 is 19.7 Å². The maximum atomic E-state index is 12.8. The Morgan fingerprint density at radius 2 is 1.92 bits per heavy atom. The number of nitrogens with zero attached hydrogens (tertiary/aromatic N) is 1. The molecule has 1 atom stereocenters. The van der Waals surface area contributed by atoms with Crippen molar-refractivity contribution >= 4 is 17.3 Å². The van der Waals surface area contributed by atoms with Gasteiger partial charge in [-0.1, -0.05) is 0 Å². The van der Waals surface area contributed by atoms with E-state index in [0.29, 0.717) is 11.4 Å². The minimum absolute atomic E-state index is 0.130. The third-order valence-corrected chi connectivity index (χ3v) is 4.41. The van der Waals surface area contributed by atoms with Crippen LogP contribution >= 0.6 is 0 Å². The standard InChI is InChI=1S/C20H23FN2O3/c1-25-19-3-2-12-23(13-19)17-8-6-16(7-9-17)22-20(24)14-26-18-10-4-15(21)5-11-18/h4-11,19H,2-3,12-14H2,1H3,(H,22,24). The van der Waals surface area contributed by atoms with Crippen molar-refractivity contribution in [2.24, 2.45) is 0 Å². The van der Waals surface area contributed by atoms with E-state index < -0.39 is 0 Å². The minimum atomic E-state index is -0.340. The number of benzene rings is 2. The van der Waals surface area contributed by atoms with Gasteiger partial charge >= 0.3 is 0 Å². The molecule has 1 unspecified atom stereocenters. The molecule has 5 nitrogen and oxygen atoms in total. The monoisotopic (exact) mass is 358 g/mol. The zero-order chi connectivity index (χ0) is 18.4. The molecule has 6 heteroatoms. The van der Waals surface area contributed by atoms with E-state index in [4.69, 9.17) is 9.47 Å². The van der Waals surface area contributed by atoms with Gasteiger partial charge in [0.1, 0.15) is 11.6 Å². The average molecular weight is 358 g/mol. The Morgan fingerprint density at radius 1 is 1.19 bits per heavy atom. The number of amides is 1. The highest BCUT2D eigenvalue weighted by atomic mass is 19.1. The van der Waals surface area contributed by atoms with Gasteiger partial charge in [-0.05, 0) is 61.4 Å². The van der Waals surface area contributed by atoms with E-state index in [1.807, 2.05) is 24.3 Å². The van der Waals surface area contributed by atoms with E-state index in [2.05, 4.69) is 10.2 Å². The lowest BCUT2D eigenvalue weighted by Gasteiger charge is -2.33. The van der Waals surface area contributed by atoms with Gasteiger partial charge in [0, 0.05) is 31.6 Å². The van der Waals surface area contributed by atoms with Gasteiger partial charge in [-0.2, -0.15) is 0 Å². The number of piperidine rings is 1. The van der Waals surface area contributed by atoms with E-state index in [1.54, 1.807) is 7.11 Å². The summed E-state index contributed by atoms with van der Waals surface area (Å²) in [6, 6.07) is 13.3. The summed E-state index contributed by atoms with van der Waals surface area (Å²) < 4.78 is 23.6. The molecule has 1 fully saturated rings. The van der Waals surface area contributed by atoms with Gasteiger partial charge in [0.15, 0.2) is 6.61 Å². The summed E-state index contributed by atoms with van der Waals surface area (Å²) in [7, 11) is 1.75. The Balaban J connectivity index is 1.50. The molecule has 1 N–H and O–H groups in total. The molecule has 1 amide bonds. The molecule has 0 aromatic heterocycles. The molecule has 0 spiro atoms. The molecule has 1 aliphatic rings. The molecule has 1 aliphatic heterocycles. The topological polar surface area (TPSA) is 50.8 Å². The van der Waals surface area contributed by atoms with Crippen molar-refractivity contribution in [3.8, 4) is 5.75 Å². The third-order valence-electron chi connectivity index (χ3n) is 4.41. The number of anilines is 2. The first kappa shape index (κ1) is 18.2. The molecule has 2 aromatic rings. The van der Waals surface area contributed by atoms with Crippen molar-refractivity contribution in [2.45, 2.75) is 18.9 Å². The first-order chi connectivity index (χ1) is 12.6. The van der Waals surface area contributed by atoms with Crippen LogP contribution in [0.15, 0.2) is 48.5 Å². The van der Waals surface area contributed by atoms with Crippen LogP contribution in [0.1, 0.15) is 12.8 Å². The predicted molar refractivity (Wildman–Crippen MR) is 99.2 cm³/mol. The lowest BCUT2D eigenvalue weighted by Crippen LogP contribution is -2.39. The largest absolute Gasteiger partial charge is 0.484 e. The summed E-state index contributed by atoms with van der Waals surface area (Å²) in [5, 5.41) is 2.79. The van der Waals surface area contributed by atoms with Crippen LogP contribution in [-0.2, 0) is 9.53 Å². The Kier molecular flexibility index (Phi) is 6.07. The summed E-state index contributed by atoms with van der Waals surface area (Å²) in [5.41, 5.74) is 1.83. The van der Waals surface area contributed by atoms with Crippen LogP contribution in [0, 0.1) is 5.82 Å². The molecule has 0 saturated carbocycles. The maximum Gasteiger partial charge on any atom is 0.262 e. The van der Waals surface area contributed by atoms with Gasteiger partial charge in [-0.25, -0.2) is 4.39 Å². The SMILES string of the molecule is COC1CCCN(c2ccc(NC(=O)COc3ccc(F)cc3)cc2)C1. The van der Waals surface area contributed by atoms with E-state index in [1.165, 1.54) is 24.3 Å². The summed E-state index contributed by atoms with van der Waals surface area (Å²) in [6.45, 7) is 1.76. The van der Waals surface area contributed by atoms with Crippen LogP contribution in [0.2, 0.25) is 0 Å². The van der Waals surface area contributed by atoms with E-state index >= 15 is 0 Å². The molecule has 26 heavy (non-hydrogen) atoms. The zero-order valence-electron chi connectivity index (χ0n) is 14.8. The van der Waals surface area contributed by atoms with Gasteiger partial charge in [-0.3, -0.25) is 4.79 Å². The second-order valence-electron chi connectivity index (χ2n) is 6.28. The van der Waals surface area contributed by atoms with Crippen molar-refractivity contribution in [1.29, 1.82) is 0 Å². The fraction of sp³-hybridized carbons (Fsp3) is 0.350. The first-order valence-electron chi connectivity index (χ1n) is 8.70. The van der Waals surface area contributed by atoms with Crippen molar-refractivity contribution in [1.82, 2.24) is 0 Å². The van der Waals surface area contributed by atoms with Crippen molar-refractivity contribution in [2.75, 3.05) is 37.0 Å². The predicted octanol–water partition coefficient (Wildman–Crippen LogP) is 3.46. The smallest absolute Gasteiger partial charge is 0.262 e. The average Bonchev–Trinajstić information content (AvgIpc) is 2.68. The zero-order valence-corrected chi connectivity index (χ0v) is 14.8.